The predicted molar refractivity (Wildman–Crippen MR) is 64.3 cm³/mol. The van der Waals surface area contributed by atoms with Crippen LogP contribution in [-0.2, 0) is 0 Å². The van der Waals surface area contributed by atoms with Crippen molar-refractivity contribution >= 4 is 21.4 Å². The number of benzene rings is 1. The quantitative estimate of drug-likeness (QED) is 0.582. The summed E-state index contributed by atoms with van der Waals surface area (Å²) in [6, 6.07) is 10.5. The lowest BCUT2D eigenvalue weighted by atomic mass is 10.1. The van der Waals surface area contributed by atoms with Crippen LogP contribution in [-0.4, -0.2) is 0 Å². The van der Waals surface area contributed by atoms with E-state index in [1.54, 1.807) is 11.3 Å². The number of thiophene rings is 1. The second-order valence-corrected chi connectivity index (χ2v) is 4.55. The predicted octanol–water partition coefficient (Wildman–Crippen LogP) is 4.47. The van der Waals surface area contributed by atoms with Gasteiger partial charge in [-0.25, -0.2) is 0 Å². The minimum atomic E-state index is 0.986. The van der Waals surface area contributed by atoms with E-state index in [0.717, 1.165) is 11.3 Å². The molecule has 0 aliphatic heterocycles. The van der Waals surface area contributed by atoms with Crippen LogP contribution in [0.4, 0.5) is 0 Å². The number of hydrogen-bond acceptors (Lipinski definition) is 2. The van der Waals surface area contributed by atoms with Gasteiger partial charge in [-0.05, 0) is 18.4 Å². The molecule has 0 N–H and O–H groups in total. The summed E-state index contributed by atoms with van der Waals surface area (Å²) < 4.78 is 6.83. The van der Waals surface area contributed by atoms with Crippen LogP contribution in [0.2, 0.25) is 0 Å². The fourth-order valence-corrected chi connectivity index (χ4v) is 2.55. The van der Waals surface area contributed by atoms with E-state index in [0.29, 0.717) is 0 Å². The van der Waals surface area contributed by atoms with Crippen molar-refractivity contribution in [2.75, 3.05) is 0 Å². The monoisotopic (exact) mass is 214 g/mol. The van der Waals surface area contributed by atoms with E-state index in [1.165, 1.54) is 15.6 Å². The van der Waals surface area contributed by atoms with Crippen LogP contribution in [0, 0.1) is 6.92 Å². The lowest BCUT2D eigenvalue weighted by Gasteiger charge is -1.97. The molecule has 0 spiro atoms. The Hall–Kier alpha value is -1.54. The van der Waals surface area contributed by atoms with Crippen molar-refractivity contribution in [3.8, 4) is 11.3 Å². The molecule has 0 radical (unpaired) electrons. The Bertz CT molecular complexity index is 586. The van der Waals surface area contributed by atoms with Gasteiger partial charge in [-0.1, -0.05) is 29.8 Å². The van der Waals surface area contributed by atoms with Crippen LogP contribution in [0.5, 0.6) is 0 Å². The van der Waals surface area contributed by atoms with Crippen molar-refractivity contribution in [3.63, 3.8) is 0 Å². The molecular weight excluding hydrogens is 204 g/mol. The Kier molecular flexibility index (Phi) is 1.89. The molecule has 3 rings (SSSR count). The maximum Gasteiger partial charge on any atom is 0.151 e. The van der Waals surface area contributed by atoms with Gasteiger partial charge in [0.2, 0.25) is 0 Å². The van der Waals surface area contributed by atoms with Gasteiger partial charge >= 0.3 is 0 Å². The molecule has 1 nitrogen and oxygen atoms in total. The third-order valence-corrected chi connectivity index (χ3v) is 3.45. The smallest absolute Gasteiger partial charge is 0.151 e. The van der Waals surface area contributed by atoms with Crippen LogP contribution in [0.25, 0.3) is 21.4 Å². The van der Waals surface area contributed by atoms with Gasteiger partial charge < -0.3 is 4.42 Å². The van der Waals surface area contributed by atoms with Gasteiger partial charge in [-0.15, -0.1) is 11.3 Å². The van der Waals surface area contributed by atoms with E-state index in [-0.39, 0.29) is 0 Å². The highest BCUT2D eigenvalue weighted by molar-refractivity contribution is 7.17. The van der Waals surface area contributed by atoms with Gasteiger partial charge in [-0.3, -0.25) is 0 Å². The summed E-state index contributed by atoms with van der Waals surface area (Å²) in [5.41, 5.74) is 2.42. The minimum absolute atomic E-state index is 0.986. The molecule has 74 valence electrons. The summed E-state index contributed by atoms with van der Waals surface area (Å²) in [5, 5.41) is 3.29. The zero-order chi connectivity index (χ0) is 10.3. The summed E-state index contributed by atoms with van der Waals surface area (Å²) in [6.45, 7) is 2.09. The second kappa shape index (κ2) is 3.24. The fraction of sp³-hybridized carbons (Fsp3) is 0.0769. The molecule has 0 bridgehead atoms. The number of rotatable bonds is 1. The largest absolute Gasteiger partial charge is 0.462 e. The average molecular weight is 214 g/mol. The summed E-state index contributed by atoms with van der Waals surface area (Å²) >= 11 is 1.73. The SMILES string of the molecule is Cc1ccc(-c2occ3ccsc23)cc1. The third kappa shape index (κ3) is 1.38. The van der Waals surface area contributed by atoms with E-state index in [2.05, 4.69) is 42.6 Å². The Morgan fingerprint density at radius 3 is 2.67 bits per heavy atom. The van der Waals surface area contributed by atoms with Gasteiger partial charge in [0.1, 0.15) is 0 Å². The standard InChI is InChI=1S/C13H10OS/c1-9-2-4-10(5-3-9)12-13-11(8-14-12)6-7-15-13/h2-8H,1H3. The molecule has 2 heterocycles. The first kappa shape index (κ1) is 8.74. The maximum atomic E-state index is 5.59. The average Bonchev–Trinajstić information content (AvgIpc) is 2.80. The van der Waals surface area contributed by atoms with Crippen molar-refractivity contribution in [2.45, 2.75) is 6.92 Å². The number of hydrogen-bond donors (Lipinski definition) is 0. The Morgan fingerprint density at radius 1 is 1.07 bits per heavy atom. The Labute approximate surface area is 92.0 Å². The van der Waals surface area contributed by atoms with Gasteiger partial charge in [0.05, 0.1) is 11.0 Å². The number of furan rings is 1. The van der Waals surface area contributed by atoms with Crippen molar-refractivity contribution in [2.24, 2.45) is 0 Å². The molecule has 0 aliphatic carbocycles. The Morgan fingerprint density at radius 2 is 1.87 bits per heavy atom. The lowest BCUT2D eigenvalue weighted by molar-refractivity contribution is 0.587. The molecule has 2 heteroatoms. The molecule has 1 aromatic carbocycles. The van der Waals surface area contributed by atoms with Gasteiger partial charge in [0.15, 0.2) is 5.76 Å². The molecule has 15 heavy (non-hydrogen) atoms. The minimum Gasteiger partial charge on any atom is -0.462 e. The number of fused-ring (bicyclic) bond motifs is 1. The highest BCUT2D eigenvalue weighted by atomic mass is 32.1. The zero-order valence-corrected chi connectivity index (χ0v) is 9.17. The molecule has 0 amide bonds. The topological polar surface area (TPSA) is 13.1 Å². The number of aryl methyl sites for hydroxylation is 1. The van der Waals surface area contributed by atoms with Gasteiger partial charge in [-0.2, -0.15) is 0 Å². The second-order valence-electron chi connectivity index (χ2n) is 3.64. The van der Waals surface area contributed by atoms with Crippen molar-refractivity contribution in [1.29, 1.82) is 0 Å². The van der Waals surface area contributed by atoms with E-state index in [9.17, 15) is 0 Å². The molecule has 0 saturated carbocycles. The maximum absolute atomic E-state index is 5.59. The molecule has 2 aromatic heterocycles. The normalized spacial score (nSPS) is 11.0. The summed E-state index contributed by atoms with van der Waals surface area (Å²) in [5.74, 6) is 0.986. The summed E-state index contributed by atoms with van der Waals surface area (Å²) in [4.78, 5) is 0. The van der Waals surface area contributed by atoms with E-state index >= 15 is 0 Å². The van der Waals surface area contributed by atoms with Crippen LogP contribution >= 0.6 is 11.3 Å². The highest BCUT2D eigenvalue weighted by Gasteiger charge is 2.08. The van der Waals surface area contributed by atoms with Crippen LogP contribution < -0.4 is 0 Å². The molecule has 0 fully saturated rings. The molecule has 0 atom stereocenters. The Balaban J connectivity index is 2.21. The van der Waals surface area contributed by atoms with Crippen molar-refractivity contribution in [1.82, 2.24) is 0 Å². The summed E-state index contributed by atoms with van der Waals surface area (Å²) in [7, 11) is 0. The molecule has 0 unspecified atom stereocenters. The molecular formula is C13H10OS. The van der Waals surface area contributed by atoms with Gasteiger partial charge in [0, 0.05) is 10.9 Å². The molecule has 0 aliphatic rings. The van der Waals surface area contributed by atoms with E-state index in [1.807, 2.05) is 6.26 Å². The first-order chi connectivity index (χ1) is 7.34. The van der Waals surface area contributed by atoms with Crippen LogP contribution in [0.3, 0.4) is 0 Å². The van der Waals surface area contributed by atoms with E-state index < -0.39 is 0 Å². The molecule has 0 saturated heterocycles. The third-order valence-electron chi connectivity index (χ3n) is 2.52. The van der Waals surface area contributed by atoms with Crippen LogP contribution in [0.1, 0.15) is 5.56 Å². The fourth-order valence-electron chi connectivity index (χ4n) is 1.68. The highest BCUT2D eigenvalue weighted by Crippen LogP contribution is 2.34. The molecule has 3 aromatic rings. The van der Waals surface area contributed by atoms with Crippen LogP contribution in [0.15, 0.2) is 46.4 Å². The van der Waals surface area contributed by atoms with Gasteiger partial charge in [0.25, 0.3) is 0 Å². The van der Waals surface area contributed by atoms with Crippen molar-refractivity contribution in [3.05, 3.63) is 47.5 Å². The van der Waals surface area contributed by atoms with Crippen molar-refractivity contribution < 1.29 is 4.42 Å². The zero-order valence-electron chi connectivity index (χ0n) is 8.36. The lowest BCUT2D eigenvalue weighted by Crippen LogP contribution is -1.74. The first-order valence-electron chi connectivity index (χ1n) is 4.86. The summed E-state index contributed by atoms with van der Waals surface area (Å²) in [6.07, 6.45) is 1.82. The van der Waals surface area contributed by atoms with E-state index in [4.69, 9.17) is 4.42 Å². The first-order valence-corrected chi connectivity index (χ1v) is 5.74.